The lowest BCUT2D eigenvalue weighted by atomic mass is 10.1. The molecule has 2 aromatic carbocycles. The van der Waals surface area contributed by atoms with E-state index in [2.05, 4.69) is 10.2 Å². The number of nitrogens with zero attached hydrogens (tertiary/aromatic N) is 2. The zero-order chi connectivity index (χ0) is 18.3. The number of halogens is 1. The van der Waals surface area contributed by atoms with Gasteiger partial charge in [0.2, 0.25) is 0 Å². The number of para-hydroxylation sites is 1. The van der Waals surface area contributed by atoms with E-state index in [1.807, 2.05) is 49.4 Å². The number of carbonyl (C=O) groups is 1. The molecule has 2 heterocycles. The van der Waals surface area contributed by atoms with Crippen LogP contribution in [0.5, 0.6) is 0 Å². The van der Waals surface area contributed by atoms with Gasteiger partial charge in [0.05, 0.1) is 16.2 Å². The van der Waals surface area contributed by atoms with Crippen LogP contribution in [0.15, 0.2) is 42.5 Å². The van der Waals surface area contributed by atoms with Crippen molar-refractivity contribution in [1.29, 1.82) is 0 Å². The number of piperazine rings is 1. The van der Waals surface area contributed by atoms with Crippen molar-refractivity contribution >= 4 is 34.2 Å². The van der Waals surface area contributed by atoms with Gasteiger partial charge >= 0.3 is 5.97 Å². The van der Waals surface area contributed by atoms with Gasteiger partial charge in [-0.2, -0.15) is 0 Å². The molecule has 1 saturated heterocycles. The number of hydrogen-bond acceptors (Lipinski definition) is 3. The first kappa shape index (κ1) is 16.9. The van der Waals surface area contributed by atoms with E-state index in [1.54, 1.807) is 4.57 Å². The minimum absolute atomic E-state index is 0.264. The Labute approximate surface area is 156 Å². The van der Waals surface area contributed by atoms with E-state index in [0.29, 0.717) is 10.7 Å². The number of nitrogens with one attached hydrogen (secondary N) is 1. The van der Waals surface area contributed by atoms with Gasteiger partial charge in [0.15, 0.2) is 5.69 Å². The molecule has 0 spiro atoms. The van der Waals surface area contributed by atoms with E-state index < -0.39 is 5.97 Å². The van der Waals surface area contributed by atoms with Gasteiger partial charge in [0.1, 0.15) is 0 Å². The SMILES string of the molecule is Cc1ccc2c(c1Cl)c(N1CCNCC1)c(C(=O)O)n2-c1ccccc1. The van der Waals surface area contributed by atoms with E-state index in [0.717, 1.165) is 48.3 Å². The molecule has 3 aromatic rings. The number of aryl methyl sites for hydroxylation is 1. The molecule has 1 fully saturated rings. The second-order valence-corrected chi connectivity index (χ2v) is 6.88. The highest BCUT2D eigenvalue weighted by Crippen LogP contribution is 2.41. The Morgan fingerprint density at radius 1 is 1.12 bits per heavy atom. The molecule has 0 aliphatic carbocycles. The molecule has 0 unspecified atom stereocenters. The normalized spacial score (nSPS) is 14.8. The third-order valence-electron chi connectivity index (χ3n) is 4.89. The lowest BCUT2D eigenvalue weighted by molar-refractivity contribution is 0.0689. The van der Waals surface area contributed by atoms with E-state index in [4.69, 9.17) is 11.6 Å². The predicted molar refractivity (Wildman–Crippen MR) is 105 cm³/mol. The quantitative estimate of drug-likeness (QED) is 0.739. The van der Waals surface area contributed by atoms with Crippen molar-refractivity contribution in [3.63, 3.8) is 0 Å². The van der Waals surface area contributed by atoms with Gasteiger partial charge in [-0.3, -0.25) is 0 Å². The fourth-order valence-electron chi connectivity index (χ4n) is 3.66. The van der Waals surface area contributed by atoms with Crippen LogP contribution in [-0.2, 0) is 0 Å². The monoisotopic (exact) mass is 369 g/mol. The highest BCUT2D eigenvalue weighted by atomic mass is 35.5. The first-order chi connectivity index (χ1) is 12.6. The lowest BCUT2D eigenvalue weighted by Crippen LogP contribution is -2.44. The maximum atomic E-state index is 12.3. The van der Waals surface area contributed by atoms with Crippen molar-refractivity contribution in [2.24, 2.45) is 0 Å². The van der Waals surface area contributed by atoms with Crippen LogP contribution in [0.25, 0.3) is 16.6 Å². The first-order valence-electron chi connectivity index (χ1n) is 8.67. The van der Waals surface area contributed by atoms with Crippen molar-refractivity contribution in [3.8, 4) is 5.69 Å². The molecule has 0 atom stereocenters. The fraction of sp³-hybridized carbons (Fsp3) is 0.250. The summed E-state index contributed by atoms with van der Waals surface area (Å²) in [6.45, 7) is 5.08. The molecule has 26 heavy (non-hydrogen) atoms. The molecular formula is C20H20ClN3O2. The molecule has 2 N–H and O–H groups in total. The summed E-state index contributed by atoms with van der Waals surface area (Å²) >= 11 is 6.68. The number of anilines is 1. The number of fused-ring (bicyclic) bond motifs is 1. The average Bonchev–Trinajstić information content (AvgIpc) is 3.02. The fourth-order valence-corrected chi connectivity index (χ4v) is 3.91. The summed E-state index contributed by atoms with van der Waals surface area (Å²) in [5.41, 5.74) is 3.55. The smallest absolute Gasteiger partial charge is 0.355 e. The zero-order valence-corrected chi connectivity index (χ0v) is 15.3. The summed E-state index contributed by atoms with van der Waals surface area (Å²) in [4.78, 5) is 14.5. The summed E-state index contributed by atoms with van der Waals surface area (Å²) in [7, 11) is 0. The van der Waals surface area contributed by atoms with Gasteiger partial charge in [-0.1, -0.05) is 35.9 Å². The van der Waals surface area contributed by atoms with Crippen LogP contribution in [0.1, 0.15) is 16.1 Å². The van der Waals surface area contributed by atoms with E-state index >= 15 is 0 Å². The Kier molecular flexibility index (Phi) is 4.34. The zero-order valence-electron chi connectivity index (χ0n) is 14.5. The maximum Gasteiger partial charge on any atom is 0.355 e. The van der Waals surface area contributed by atoms with Crippen molar-refractivity contribution in [3.05, 3.63) is 58.7 Å². The molecule has 1 aromatic heterocycles. The second kappa shape index (κ2) is 6.67. The Morgan fingerprint density at radius 2 is 1.81 bits per heavy atom. The van der Waals surface area contributed by atoms with Crippen LogP contribution < -0.4 is 10.2 Å². The average molecular weight is 370 g/mol. The molecular weight excluding hydrogens is 350 g/mol. The summed E-state index contributed by atoms with van der Waals surface area (Å²) in [6, 6.07) is 13.5. The van der Waals surface area contributed by atoms with Crippen LogP contribution >= 0.6 is 11.6 Å². The lowest BCUT2D eigenvalue weighted by Gasteiger charge is -2.30. The maximum absolute atomic E-state index is 12.3. The molecule has 5 nitrogen and oxygen atoms in total. The second-order valence-electron chi connectivity index (χ2n) is 6.50. The minimum atomic E-state index is -0.952. The number of hydrogen-bond donors (Lipinski definition) is 2. The van der Waals surface area contributed by atoms with Crippen molar-refractivity contribution in [2.45, 2.75) is 6.92 Å². The highest BCUT2D eigenvalue weighted by molar-refractivity contribution is 6.38. The third kappa shape index (κ3) is 2.64. The van der Waals surface area contributed by atoms with Gasteiger partial charge < -0.3 is 19.9 Å². The number of carboxylic acids is 1. The van der Waals surface area contributed by atoms with E-state index in [-0.39, 0.29) is 5.69 Å². The van der Waals surface area contributed by atoms with Gasteiger partial charge in [-0.05, 0) is 30.7 Å². The number of benzene rings is 2. The topological polar surface area (TPSA) is 57.5 Å². The van der Waals surface area contributed by atoms with Crippen LogP contribution in [-0.4, -0.2) is 41.8 Å². The van der Waals surface area contributed by atoms with Crippen molar-refractivity contribution in [1.82, 2.24) is 9.88 Å². The molecule has 1 aliphatic rings. The van der Waals surface area contributed by atoms with Gasteiger partial charge in [-0.15, -0.1) is 0 Å². The molecule has 6 heteroatoms. The Balaban J connectivity index is 2.12. The van der Waals surface area contributed by atoms with Gasteiger partial charge in [0.25, 0.3) is 0 Å². The Bertz CT molecular complexity index is 976. The molecule has 0 amide bonds. The van der Waals surface area contributed by atoms with Crippen molar-refractivity contribution < 1.29 is 9.90 Å². The Hall–Kier alpha value is -2.50. The summed E-state index contributed by atoms with van der Waals surface area (Å²) in [5.74, 6) is -0.952. The molecule has 134 valence electrons. The predicted octanol–water partition coefficient (Wildman–Crippen LogP) is 3.70. The summed E-state index contributed by atoms with van der Waals surface area (Å²) < 4.78 is 1.81. The molecule has 0 radical (unpaired) electrons. The van der Waals surface area contributed by atoms with Crippen LogP contribution in [0.2, 0.25) is 5.02 Å². The van der Waals surface area contributed by atoms with Crippen LogP contribution in [0.3, 0.4) is 0 Å². The largest absolute Gasteiger partial charge is 0.476 e. The summed E-state index contributed by atoms with van der Waals surface area (Å²) in [5, 5.41) is 14.8. The highest BCUT2D eigenvalue weighted by Gasteiger charge is 2.29. The molecule has 1 aliphatic heterocycles. The number of aromatic nitrogens is 1. The van der Waals surface area contributed by atoms with Crippen molar-refractivity contribution in [2.75, 3.05) is 31.1 Å². The number of aromatic carboxylic acids is 1. The molecule has 0 bridgehead atoms. The first-order valence-corrected chi connectivity index (χ1v) is 9.05. The van der Waals surface area contributed by atoms with E-state index in [1.165, 1.54) is 0 Å². The standard InChI is InChI=1S/C20H20ClN3O2/c1-13-7-8-15-16(17(13)21)18(23-11-9-22-10-12-23)19(20(25)26)24(15)14-5-3-2-4-6-14/h2-8,22H,9-12H2,1H3,(H,25,26). The van der Waals surface area contributed by atoms with Crippen LogP contribution in [0.4, 0.5) is 5.69 Å². The Morgan fingerprint density at radius 3 is 2.46 bits per heavy atom. The third-order valence-corrected chi connectivity index (χ3v) is 5.38. The van der Waals surface area contributed by atoms with Gasteiger partial charge in [-0.25, -0.2) is 4.79 Å². The van der Waals surface area contributed by atoms with Crippen LogP contribution in [0, 0.1) is 6.92 Å². The molecule has 0 saturated carbocycles. The minimum Gasteiger partial charge on any atom is -0.476 e. The molecule has 4 rings (SSSR count). The summed E-state index contributed by atoms with van der Waals surface area (Å²) in [6.07, 6.45) is 0. The number of carboxylic acid groups (broad SMARTS) is 1. The van der Waals surface area contributed by atoms with Gasteiger partial charge in [0, 0.05) is 37.3 Å². The van der Waals surface area contributed by atoms with E-state index in [9.17, 15) is 9.90 Å². The number of rotatable bonds is 3.